The molecule has 1 aliphatic heterocycles. The van der Waals surface area contributed by atoms with Crippen molar-refractivity contribution in [3.05, 3.63) is 46.4 Å². The second-order valence-corrected chi connectivity index (χ2v) is 7.05. The van der Waals surface area contributed by atoms with E-state index in [4.69, 9.17) is 16.0 Å². The molecule has 1 aliphatic rings. The summed E-state index contributed by atoms with van der Waals surface area (Å²) in [5.74, 6) is -0.240. The van der Waals surface area contributed by atoms with E-state index in [1.807, 2.05) is 0 Å². The van der Waals surface area contributed by atoms with Crippen molar-refractivity contribution < 1.29 is 18.4 Å². The molecule has 0 spiro atoms. The average molecular weight is 410 g/mol. The van der Waals surface area contributed by atoms with Crippen molar-refractivity contribution in [1.29, 1.82) is 0 Å². The summed E-state index contributed by atoms with van der Waals surface area (Å²) in [4.78, 5) is 28.2. The third-order valence-corrected chi connectivity index (χ3v) is 4.95. The van der Waals surface area contributed by atoms with Gasteiger partial charge in [0.25, 0.3) is 0 Å². The molecule has 8 nitrogen and oxygen atoms in total. The second-order valence-electron chi connectivity index (χ2n) is 6.65. The topological polar surface area (TPSA) is 91.6 Å². The Balaban J connectivity index is 1.70. The number of piperazine rings is 1. The largest absolute Gasteiger partial charge is 0.424 e. The Morgan fingerprint density at radius 1 is 1.46 bits per heavy atom. The van der Waals surface area contributed by atoms with Crippen molar-refractivity contribution in [3.63, 3.8) is 0 Å². The van der Waals surface area contributed by atoms with E-state index in [-0.39, 0.29) is 31.3 Å². The van der Waals surface area contributed by atoms with Crippen LogP contribution >= 0.6 is 11.6 Å². The maximum atomic E-state index is 14.2. The van der Waals surface area contributed by atoms with Crippen molar-refractivity contribution in [3.8, 4) is 0 Å². The van der Waals surface area contributed by atoms with Crippen LogP contribution in [0.3, 0.4) is 0 Å². The lowest BCUT2D eigenvalue weighted by molar-refractivity contribution is -0.138. The Hall–Kier alpha value is -2.52. The molecule has 28 heavy (non-hydrogen) atoms. The highest BCUT2D eigenvalue weighted by atomic mass is 35.5. The number of hydrogen-bond donors (Lipinski definition) is 1. The fraction of sp³-hybridized carbons (Fsp3) is 0.444. The van der Waals surface area contributed by atoms with Gasteiger partial charge in [-0.05, 0) is 12.1 Å². The minimum absolute atomic E-state index is 0.0540. The average Bonchev–Trinajstić information content (AvgIpc) is 3.05. The number of halogens is 2. The van der Waals surface area contributed by atoms with Gasteiger partial charge in [-0.15, -0.1) is 10.2 Å². The maximum Gasteiger partial charge on any atom is 0.237 e. The Kier molecular flexibility index (Phi) is 6.25. The number of amides is 2. The molecule has 0 bridgehead atoms. The van der Waals surface area contributed by atoms with Crippen molar-refractivity contribution in [2.75, 3.05) is 20.1 Å². The summed E-state index contributed by atoms with van der Waals surface area (Å²) in [7, 11) is 1.60. The van der Waals surface area contributed by atoms with Gasteiger partial charge in [-0.25, -0.2) is 4.39 Å². The summed E-state index contributed by atoms with van der Waals surface area (Å²) in [5.41, 5.74) is 0.311. The number of hydrogen-bond acceptors (Lipinski definition) is 6. The number of carbonyl (C=O) groups is 2. The van der Waals surface area contributed by atoms with Crippen LogP contribution in [0.4, 0.5) is 4.39 Å². The van der Waals surface area contributed by atoms with Crippen molar-refractivity contribution in [1.82, 2.24) is 25.3 Å². The van der Waals surface area contributed by atoms with Crippen LogP contribution in [0.15, 0.2) is 22.6 Å². The monoisotopic (exact) mass is 409 g/mol. The van der Waals surface area contributed by atoms with Gasteiger partial charge in [0.05, 0.1) is 19.0 Å². The molecule has 1 aromatic carbocycles. The normalized spacial score (nSPS) is 17.4. The van der Waals surface area contributed by atoms with Gasteiger partial charge in [0.15, 0.2) is 0 Å². The standard InChI is InChI=1S/C18H21ClFN5O3/c1-11-22-23-16(28-11)10-24(2)17(26)8-15-18(27)21-6-7-25(15)9-12-13(19)4-3-5-14(12)20/h3-5,15H,6-10H2,1-2H3,(H,21,27)/t15-/m1/s1. The first-order valence-corrected chi connectivity index (χ1v) is 9.20. The van der Waals surface area contributed by atoms with Crippen LogP contribution in [0, 0.1) is 12.7 Å². The molecule has 1 aromatic heterocycles. The molecule has 1 saturated heterocycles. The first kappa shape index (κ1) is 20.2. The molecular weight excluding hydrogens is 389 g/mol. The van der Waals surface area contributed by atoms with Gasteiger partial charge in [-0.3, -0.25) is 14.5 Å². The lowest BCUT2D eigenvalue weighted by atomic mass is 10.1. The van der Waals surface area contributed by atoms with Gasteiger partial charge >= 0.3 is 0 Å². The zero-order chi connectivity index (χ0) is 20.3. The van der Waals surface area contributed by atoms with Crippen LogP contribution in [0.1, 0.15) is 23.8 Å². The number of nitrogens with zero attached hydrogens (tertiary/aromatic N) is 4. The molecule has 1 N–H and O–H groups in total. The van der Waals surface area contributed by atoms with Gasteiger partial charge in [0.1, 0.15) is 5.82 Å². The summed E-state index contributed by atoms with van der Waals surface area (Å²) in [6.07, 6.45) is -0.0540. The summed E-state index contributed by atoms with van der Waals surface area (Å²) in [6, 6.07) is 3.73. The van der Waals surface area contributed by atoms with Crippen molar-refractivity contribution >= 4 is 23.4 Å². The zero-order valence-corrected chi connectivity index (χ0v) is 16.4. The molecule has 0 radical (unpaired) electrons. The SMILES string of the molecule is Cc1nnc(CN(C)C(=O)C[C@@H]2C(=O)NCCN2Cc2c(F)cccc2Cl)o1. The molecule has 2 amide bonds. The van der Waals surface area contributed by atoms with Crippen LogP contribution in [0.25, 0.3) is 0 Å². The molecular formula is C18H21ClFN5O3. The summed E-state index contributed by atoms with van der Waals surface area (Å²) in [5, 5.41) is 10.6. The van der Waals surface area contributed by atoms with E-state index >= 15 is 0 Å². The molecule has 3 rings (SSSR count). The van der Waals surface area contributed by atoms with E-state index in [0.29, 0.717) is 35.5 Å². The molecule has 1 atom stereocenters. The molecule has 2 heterocycles. The van der Waals surface area contributed by atoms with Gasteiger partial charge < -0.3 is 14.6 Å². The van der Waals surface area contributed by atoms with Crippen LogP contribution in [-0.4, -0.2) is 58.0 Å². The van der Waals surface area contributed by atoms with Crippen molar-refractivity contribution in [2.24, 2.45) is 0 Å². The van der Waals surface area contributed by atoms with Crippen LogP contribution in [0.2, 0.25) is 5.02 Å². The fourth-order valence-electron chi connectivity index (χ4n) is 3.07. The number of nitrogens with one attached hydrogen (secondary N) is 1. The fourth-order valence-corrected chi connectivity index (χ4v) is 3.30. The van der Waals surface area contributed by atoms with Crippen LogP contribution in [0.5, 0.6) is 0 Å². The van der Waals surface area contributed by atoms with Gasteiger partial charge in [0.2, 0.25) is 23.6 Å². The number of carbonyl (C=O) groups excluding carboxylic acids is 2. The van der Waals surface area contributed by atoms with Gasteiger partial charge in [-0.1, -0.05) is 17.7 Å². The summed E-state index contributed by atoms with van der Waals surface area (Å²) < 4.78 is 19.4. The third kappa shape index (κ3) is 4.66. The van der Waals surface area contributed by atoms with Crippen LogP contribution in [-0.2, 0) is 22.7 Å². The Bertz CT molecular complexity index is 854. The van der Waals surface area contributed by atoms with Gasteiger partial charge in [-0.2, -0.15) is 0 Å². The number of benzene rings is 1. The molecule has 2 aromatic rings. The minimum Gasteiger partial charge on any atom is -0.424 e. The highest BCUT2D eigenvalue weighted by molar-refractivity contribution is 6.31. The minimum atomic E-state index is -0.719. The quantitative estimate of drug-likeness (QED) is 0.777. The van der Waals surface area contributed by atoms with E-state index in [1.165, 1.54) is 17.0 Å². The molecule has 10 heteroatoms. The van der Waals surface area contributed by atoms with E-state index in [2.05, 4.69) is 15.5 Å². The smallest absolute Gasteiger partial charge is 0.237 e. The Morgan fingerprint density at radius 3 is 2.93 bits per heavy atom. The Labute approximate surface area is 166 Å². The summed E-state index contributed by atoms with van der Waals surface area (Å²) in [6.45, 7) is 2.86. The van der Waals surface area contributed by atoms with E-state index in [1.54, 1.807) is 24.9 Å². The predicted octanol–water partition coefficient (Wildman–Crippen LogP) is 1.52. The van der Waals surface area contributed by atoms with E-state index in [0.717, 1.165) is 0 Å². The molecule has 1 fully saturated rings. The van der Waals surface area contributed by atoms with Gasteiger partial charge in [0, 0.05) is 44.2 Å². The Morgan fingerprint density at radius 2 is 2.25 bits per heavy atom. The highest BCUT2D eigenvalue weighted by Crippen LogP contribution is 2.23. The molecule has 0 saturated carbocycles. The second kappa shape index (κ2) is 8.66. The first-order chi connectivity index (χ1) is 13.3. The first-order valence-electron chi connectivity index (χ1n) is 8.82. The van der Waals surface area contributed by atoms with E-state index < -0.39 is 11.9 Å². The highest BCUT2D eigenvalue weighted by Gasteiger charge is 2.33. The number of rotatable bonds is 6. The van der Waals surface area contributed by atoms with E-state index in [9.17, 15) is 14.0 Å². The summed E-state index contributed by atoms with van der Waals surface area (Å²) >= 11 is 6.12. The number of aryl methyl sites for hydroxylation is 1. The van der Waals surface area contributed by atoms with Crippen LogP contribution < -0.4 is 5.32 Å². The predicted molar refractivity (Wildman–Crippen MR) is 98.7 cm³/mol. The molecule has 0 unspecified atom stereocenters. The maximum absolute atomic E-state index is 14.2. The van der Waals surface area contributed by atoms with Crippen molar-refractivity contribution in [2.45, 2.75) is 32.5 Å². The third-order valence-electron chi connectivity index (χ3n) is 4.60. The lowest BCUT2D eigenvalue weighted by Gasteiger charge is -2.35. The molecule has 0 aliphatic carbocycles. The lowest BCUT2D eigenvalue weighted by Crippen LogP contribution is -2.56. The molecule has 150 valence electrons. The zero-order valence-electron chi connectivity index (χ0n) is 15.6. The number of aromatic nitrogens is 2.